The van der Waals surface area contributed by atoms with Crippen molar-refractivity contribution in [3.63, 3.8) is 0 Å². The van der Waals surface area contributed by atoms with E-state index in [0.717, 1.165) is 18.8 Å². The molecule has 1 aromatic rings. The second-order valence-electron chi connectivity index (χ2n) is 5.39. The number of rotatable bonds is 4. The van der Waals surface area contributed by atoms with Crippen molar-refractivity contribution in [1.82, 2.24) is 0 Å². The molecule has 1 saturated carbocycles. The molecule has 0 N–H and O–H groups in total. The zero-order chi connectivity index (χ0) is 14.5. The largest absolute Gasteiger partial charge is 0.462 e. The summed E-state index contributed by atoms with van der Waals surface area (Å²) >= 11 is 0. The minimum atomic E-state index is -0.609. The summed E-state index contributed by atoms with van der Waals surface area (Å²) in [6.45, 7) is 4.18. The second kappa shape index (κ2) is 6.73. The maximum atomic E-state index is 11.9. The highest BCUT2D eigenvalue weighted by atomic mass is 16.5. The number of ether oxygens (including phenoxy) is 1. The van der Waals surface area contributed by atoms with E-state index in [1.807, 2.05) is 0 Å². The molecule has 0 atom stereocenters. The lowest BCUT2D eigenvalue weighted by Gasteiger charge is -2.26. The monoisotopic (exact) mass is 278 g/mol. The number of esters is 1. The Kier molecular flexibility index (Phi) is 4.99. The summed E-state index contributed by atoms with van der Waals surface area (Å²) in [4.78, 5) is 23.4. The molecule has 1 aliphatic rings. The van der Waals surface area contributed by atoms with E-state index in [2.05, 4.69) is 6.92 Å². The van der Waals surface area contributed by atoms with Gasteiger partial charge in [0.25, 0.3) is 0 Å². The van der Waals surface area contributed by atoms with Gasteiger partial charge in [0.05, 0.1) is 6.61 Å². The topological polar surface area (TPSA) is 56.5 Å². The molecular weight excluding hydrogens is 256 g/mol. The lowest BCUT2D eigenvalue weighted by atomic mass is 9.80. The van der Waals surface area contributed by atoms with Crippen LogP contribution < -0.4 is 5.63 Å². The van der Waals surface area contributed by atoms with Crippen LogP contribution in [0.5, 0.6) is 0 Å². The van der Waals surface area contributed by atoms with Crippen LogP contribution in [0.3, 0.4) is 0 Å². The van der Waals surface area contributed by atoms with Crippen molar-refractivity contribution >= 4 is 5.97 Å². The highest BCUT2D eigenvalue weighted by Gasteiger charge is 2.24. The summed E-state index contributed by atoms with van der Waals surface area (Å²) in [6, 6.07) is 3.29. The van der Waals surface area contributed by atoms with Crippen LogP contribution in [0.25, 0.3) is 0 Å². The Balaban J connectivity index is 2.10. The fourth-order valence-corrected chi connectivity index (χ4v) is 2.86. The first kappa shape index (κ1) is 14.8. The lowest BCUT2D eigenvalue weighted by Crippen LogP contribution is -2.19. The molecule has 0 aromatic carbocycles. The number of carbonyl (C=O) groups excluding carboxylic acids is 1. The molecule has 1 fully saturated rings. The summed E-state index contributed by atoms with van der Waals surface area (Å²) in [7, 11) is 0. The number of hydrogen-bond donors (Lipinski definition) is 0. The summed E-state index contributed by atoms with van der Waals surface area (Å²) in [6.07, 6.45) is 5.70. The molecule has 0 spiro atoms. The van der Waals surface area contributed by atoms with Crippen LogP contribution in [0, 0.1) is 5.92 Å². The number of hydrogen-bond acceptors (Lipinski definition) is 4. The second-order valence-corrected chi connectivity index (χ2v) is 5.39. The number of carbonyl (C=O) groups is 1. The third-order valence-electron chi connectivity index (χ3n) is 4.17. The molecule has 0 amide bonds. The van der Waals surface area contributed by atoms with E-state index in [1.165, 1.54) is 25.3 Å². The average molecular weight is 278 g/mol. The highest BCUT2D eigenvalue weighted by Crippen LogP contribution is 2.36. The maximum Gasteiger partial charge on any atom is 0.350 e. The van der Waals surface area contributed by atoms with Crippen molar-refractivity contribution in [3.05, 3.63) is 33.9 Å². The van der Waals surface area contributed by atoms with Crippen molar-refractivity contribution in [2.24, 2.45) is 5.92 Å². The van der Waals surface area contributed by atoms with Gasteiger partial charge in [0, 0.05) is 5.92 Å². The van der Waals surface area contributed by atoms with E-state index < -0.39 is 11.6 Å². The fraction of sp³-hybridized carbons (Fsp3) is 0.625. The summed E-state index contributed by atoms with van der Waals surface area (Å²) in [5.41, 5.74) is -0.601. The molecule has 2 rings (SSSR count). The van der Waals surface area contributed by atoms with Gasteiger partial charge in [-0.15, -0.1) is 0 Å². The quantitative estimate of drug-likeness (QED) is 0.791. The van der Waals surface area contributed by atoms with E-state index in [9.17, 15) is 9.59 Å². The van der Waals surface area contributed by atoms with Crippen molar-refractivity contribution in [1.29, 1.82) is 0 Å². The lowest BCUT2D eigenvalue weighted by molar-refractivity contribution is 0.0520. The molecule has 1 aromatic heterocycles. The first-order chi connectivity index (χ1) is 9.65. The Bertz CT molecular complexity index is 509. The van der Waals surface area contributed by atoms with Gasteiger partial charge < -0.3 is 9.15 Å². The average Bonchev–Trinajstić information content (AvgIpc) is 2.47. The predicted molar refractivity (Wildman–Crippen MR) is 75.9 cm³/mol. The van der Waals surface area contributed by atoms with E-state index in [0.29, 0.717) is 11.7 Å². The minimum absolute atomic E-state index is 0.0159. The normalized spacial score (nSPS) is 22.5. The van der Waals surface area contributed by atoms with E-state index in [4.69, 9.17) is 9.15 Å². The molecule has 110 valence electrons. The zero-order valence-electron chi connectivity index (χ0n) is 12.2. The van der Waals surface area contributed by atoms with Gasteiger partial charge in [-0.3, -0.25) is 0 Å². The van der Waals surface area contributed by atoms with Crippen molar-refractivity contribution < 1.29 is 13.9 Å². The van der Waals surface area contributed by atoms with Gasteiger partial charge >= 0.3 is 11.6 Å². The summed E-state index contributed by atoms with van der Waals surface area (Å²) in [5.74, 6) is 1.21. The molecule has 0 radical (unpaired) electrons. The Labute approximate surface area is 119 Å². The first-order valence-electron chi connectivity index (χ1n) is 7.46. The van der Waals surface area contributed by atoms with Gasteiger partial charge in [-0.1, -0.05) is 13.3 Å². The van der Waals surface area contributed by atoms with Crippen molar-refractivity contribution in [2.75, 3.05) is 6.61 Å². The minimum Gasteiger partial charge on any atom is -0.462 e. The molecule has 0 unspecified atom stereocenters. The predicted octanol–water partition coefficient (Wildman–Crippen LogP) is 3.50. The molecule has 0 aliphatic heterocycles. The Hall–Kier alpha value is -1.58. The van der Waals surface area contributed by atoms with Crippen LogP contribution in [0.15, 0.2) is 21.3 Å². The van der Waals surface area contributed by atoms with Crippen LogP contribution in [-0.4, -0.2) is 12.6 Å². The zero-order valence-corrected chi connectivity index (χ0v) is 12.2. The van der Waals surface area contributed by atoms with Gasteiger partial charge in [0.15, 0.2) is 0 Å². The van der Waals surface area contributed by atoms with Crippen LogP contribution in [0.1, 0.15) is 68.0 Å². The molecule has 0 bridgehead atoms. The van der Waals surface area contributed by atoms with Gasteiger partial charge in [-0.05, 0) is 50.7 Å². The molecule has 4 nitrogen and oxygen atoms in total. The smallest absolute Gasteiger partial charge is 0.350 e. The highest BCUT2D eigenvalue weighted by molar-refractivity contribution is 5.88. The molecule has 0 saturated heterocycles. The molecular formula is C16H22O4. The molecule has 4 heteroatoms. The Morgan fingerprint density at radius 3 is 2.50 bits per heavy atom. The Morgan fingerprint density at radius 1 is 1.25 bits per heavy atom. The third-order valence-corrected chi connectivity index (χ3v) is 4.17. The standard InChI is InChI=1S/C16H22O4/c1-3-11-5-7-12(8-6-11)14-10-9-13(16(18)20-14)15(17)19-4-2/h9-12H,3-8H2,1-2H3. The van der Waals surface area contributed by atoms with Gasteiger partial charge in [0.2, 0.25) is 0 Å². The summed E-state index contributed by atoms with van der Waals surface area (Å²) < 4.78 is 10.2. The fourth-order valence-electron chi connectivity index (χ4n) is 2.86. The third kappa shape index (κ3) is 3.30. The van der Waals surface area contributed by atoms with Gasteiger partial charge in [-0.25, -0.2) is 9.59 Å². The first-order valence-corrected chi connectivity index (χ1v) is 7.46. The van der Waals surface area contributed by atoms with E-state index in [-0.39, 0.29) is 12.2 Å². The Morgan fingerprint density at radius 2 is 1.95 bits per heavy atom. The van der Waals surface area contributed by atoms with Crippen LogP contribution >= 0.6 is 0 Å². The molecule has 1 aliphatic carbocycles. The van der Waals surface area contributed by atoms with Crippen LogP contribution in [0.2, 0.25) is 0 Å². The summed E-state index contributed by atoms with van der Waals surface area (Å²) in [5, 5.41) is 0. The SMILES string of the molecule is CCOC(=O)c1ccc(C2CCC(CC)CC2)oc1=O. The van der Waals surface area contributed by atoms with Gasteiger partial charge in [-0.2, -0.15) is 0 Å². The van der Waals surface area contributed by atoms with Gasteiger partial charge in [0.1, 0.15) is 11.3 Å². The van der Waals surface area contributed by atoms with Crippen LogP contribution in [0.4, 0.5) is 0 Å². The van der Waals surface area contributed by atoms with E-state index >= 15 is 0 Å². The van der Waals surface area contributed by atoms with E-state index in [1.54, 1.807) is 13.0 Å². The van der Waals surface area contributed by atoms with Crippen molar-refractivity contribution in [3.8, 4) is 0 Å². The molecule has 20 heavy (non-hydrogen) atoms. The maximum absolute atomic E-state index is 11.9. The van der Waals surface area contributed by atoms with Crippen molar-refractivity contribution in [2.45, 2.75) is 51.9 Å². The van der Waals surface area contributed by atoms with Crippen LogP contribution in [-0.2, 0) is 4.74 Å². The molecule has 1 heterocycles.